The second-order valence-electron chi connectivity index (χ2n) is 4.16. The van der Waals surface area contributed by atoms with E-state index < -0.39 is 0 Å². The maximum atomic E-state index is 11.7. The zero-order chi connectivity index (χ0) is 14.0. The standard InChI is InChI=1S/C13H16N4OS/c1-17-9-6-4-3-5-8(9)12(19-2)10(17)7-11(18)16-13(14)15/h3-6H,7H2,1-2H3,(H4,14,15,16,18). The Morgan fingerprint density at radius 3 is 2.68 bits per heavy atom. The number of amides is 1. The number of carbonyl (C=O) groups is 1. The molecule has 1 aromatic heterocycles. The largest absolute Gasteiger partial charge is 0.370 e. The molecule has 0 fully saturated rings. The summed E-state index contributed by atoms with van der Waals surface area (Å²) in [6.45, 7) is 0. The van der Waals surface area contributed by atoms with Crippen LogP contribution >= 0.6 is 11.8 Å². The number of fused-ring (bicyclic) bond motifs is 1. The van der Waals surface area contributed by atoms with E-state index >= 15 is 0 Å². The number of rotatable bonds is 3. The van der Waals surface area contributed by atoms with Crippen LogP contribution in [0.5, 0.6) is 0 Å². The molecule has 6 heteroatoms. The van der Waals surface area contributed by atoms with Gasteiger partial charge in [-0.15, -0.1) is 11.8 Å². The molecule has 2 aromatic rings. The van der Waals surface area contributed by atoms with E-state index in [1.165, 1.54) is 0 Å². The topological polar surface area (TPSA) is 86.4 Å². The van der Waals surface area contributed by atoms with Crippen molar-refractivity contribution in [3.8, 4) is 0 Å². The summed E-state index contributed by atoms with van der Waals surface area (Å²) in [5, 5.41) is 1.14. The highest BCUT2D eigenvalue weighted by molar-refractivity contribution is 7.98. The fourth-order valence-electron chi connectivity index (χ4n) is 2.16. The van der Waals surface area contributed by atoms with Crippen LogP contribution in [0, 0.1) is 0 Å². The quantitative estimate of drug-likeness (QED) is 0.502. The number of carbonyl (C=O) groups excluding carboxylic acids is 1. The Balaban J connectivity index is 2.51. The molecular formula is C13H16N4OS. The number of guanidine groups is 1. The molecule has 1 heterocycles. The molecule has 19 heavy (non-hydrogen) atoms. The Labute approximate surface area is 115 Å². The summed E-state index contributed by atoms with van der Waals surface area (Å²) >= 11 is 1.62. The minimum Gasteiger partial charge on any atom is -0.370 e. The first-order chi connectivity index (χ1) is 9.04. The molecule has 0 unspecified atom stereocenters. The number of aromatic nitrogens is 1. The van der Waals surface area contributed by atoms with Gasteiger partial charge in [0.15, 0.2) is 5.96 Å². The second-order valence-corrected chi connectivity index (χ2v) is 4.98. The number of nitrogens with zero attached hydrogens (tertiary/aromatic N) is 2. The fraction of sp³-hybridized carbons (Fsp3) is 0.231. The first-order valence-electron chi connectivity index (χ1n) is 5.77. The Kier molecular flexibility index (Phi) is 3.80. The van der Waals surface area contributed by atoms with Gasteiger partial charge in [-0.25, -0.2) is 0 Å². The van der Waals surface area contributed by atoms with E-state index in [9.17, 15) is 4.79 Å². The van der Waals surface area contributed by atoms with Gasteiger partial charge >= 0.3 is 0 Å². The smallest absolute Gasteiger partial charge is 0.254 e. The number of aryl methyl sites for hydroxylation is 1. The highest BCUT2D eigenvalue weighted by Crippen LogP contribution is 2.32. The highest BCUT2D eigenvalue weighted by atomic mass is 32.2. The third kappa shape index (κ3) is 2.58. The van der Waals surface area contributed by atoms with Crippen molar-refractivity contribution in [1.82, 2.24) is 4.57 Å². The molecule has 0 radical (unpaired) electrons. The van der Waals surface area contributed by atoms with Gasteiger partial charge in [-0.2, -0.15) is 4.99 Å². The number of para-hydroxylation sites is 1. The maximum absolute atomic E-state index is 11.7. The van der Waals surface area contributed by atoms with Crippen LogP contribution in [0.2, 0.25) is 0 Å². The SMILES string of the molecule is CSc1c(CC(=O)N=C(N)N)n(C)c2ccccc12. The van der Waals surface area contributed by atoms with Gasteiger partial charge in [0.2, 0.25) is 0 Å². The van der Waals surface area contributed by atoms with Crippen molar-refractivity contribution >= 4 is 34.5 Å². The van der Waals surface area contributed by atoms with Gasteiger partial charge in [-0.3, -0.25) is 4.79 Å². The summed E-state index contributed by atoms with van der Waals surface area (Å²) in [4.78, 5) is 16.4. The van der Waals surface area contributed by atoms with Gasteiger partial charge in [0.1, 0.15) is 0 Å². The number of hydrogen-bond acceptors (Lipinski definition) is 2. The molecule has 0 bridgehead atoms. The van der Waals surface area contributed by atoms with Crippen LogP contribution in [-0.4, -0.2) is 22.7 Å². The summed E-state index contributed by atoms with van der Waals surface area (Å²) in [5.74, 6) is -0.532. The van der Waals surface area contributed by atoms with Gasteiger partial charge in [-0.1, -0.05) is 18.2 Å². The van der Waals surface area contributed by atoms with Crippen LogP contribution in [0.3, 0.4) is 0 Å². The number of aliphatic imine (C=N–C) groups is 1. The van der Waals surface area contributed by atoms with E-state index in [4.69, 9.17) is 11.5 Å². The summed E-state index contributed by atoms with van der Waals surface area (Å²) in [7, 11) is 1.94. The maximum Gasteiger partial charge on any atom is 0.254 e. The van der Waals surface area contributed by atoms with Crippen molar-refractivity contribution < 1.29 is 4.79 Å². The Morgan fingerprint density at radius 2 is 2.05 bits per heavy atom. The Morgan fingerprint density at radius 1 is 1.37 bits per heavy atom. The van der Waals surface area contributed by atoms with Crippen molar-refractivity contribution in [3.63, 3.8) is 0 Å². The van der Waals surface area contributed by atoms with E-state index in [1.807, 2.05) is 36.1 Å². The summed E-state index contributed by atoms with van der Waals surface area (Å²) < 4.78 is 2.02. The molecule has 0 saturated carbocycles. The molecule has 0 aliphatic carbocycles. The van der Waals surface area contributed by atoms with Gasteiger partial charge < -0.3 is 16.0 Å². The van der Waals surface area contributed by atoms with Crippen LogP contribution in [0.15, 0.2) is 34.2 Å². The zero-order valence-electron chi connectivity index (χ0n) is 10.9. The van der Waals surface area contributed by atoms with E-state index in [-0.39, 0.29) is 18.3 Å². The summed E-state index contributed by atoms with van der Waals surface area (Å²) in [5.41, 5.74) is 12.5. The second kappa shape index (κ2) is 5.36. The summed E-state index contributed by atoms with van der Waals surface area (Å²) in [6.07, 6.45) is 2.19. The van der Waals surface area contributed by atoms with E-state index in [1.54, 1.807) is 11.8 Å². The lowest BCUT2D eigenvalue weighted by Crippen LogP contribution is -2.24. The van der Waals surface area contributed by atoms with Gasteiger partial charge in [0, 0.05) is 28.5 Å². The molecule has 0 aliphatic rings. The van der Waals surface area contributed by atoms with Crippen LogP contribution in [0.25, 0.3) is 10.9 Å². The first-order valence-corrected chi connectivity index (χ1v) is 6.99. The minimum absolute atomic E-state index is 0.194. The molecular weight excluding hydrogens is 260 g/mol. The summed E-state index contributed by atoms with van der Waals surface area (Å²) in [6, 6.07) is 8.05. The molecule has 2 rings (SSSR count). The van der Waals surface area contributed by atoms with Crippen LogP contribution in [0.1, 0.15) is 5.69 Å². The Hall–Kier alpha value is -1.95. The lowest BCUT2D eigenvalue weighted by molar-refractivity contribution is -0.117. The van der Waals surface area contributed by atoms with Crippen LogP contribution < -0.4 is 11.5 Å². The molecule has 0 saturated heterocycles. The molecule has 0 spiro atoms. The lowest BCUT2D eigenvalue weighted by Gasteiger charge is -2.04. The molecule has 100 valence electrons. The van der Waals surface area contributed by atoms with Crippen molar-refractivity contribution in [2.45, 2.75) is 11.3 Å². The van der Waals surface area contributed by atoms with E-state index in [0.29, 0.717) is 0 Å². The monoisotopic (exact) mass is 276 g/mol. The van der Waals surface area contributed by atoms with Gasteiger partial charge in [0.05, 0.1) is 6.42 Å². The highest BCUT2D eigenvalue weighted by Gasteiger charge is 2.16. The first kappa shape index (κ1) is 13.5. The third-order valence-electron chi connectivity index (χ3n) is 2.95. The van der Waals surface area contributed by atoms with Crippen LogP contribution in [-0.2, 0) is 18.3 Å². The zero-order valence-corrected chi connectivity index (χ0v) is 11.7. The average Bonchev–Trinajstić information content (AvgIpc) is 2.62. The molecule has 1 aromatic carbocycles. The van der Waals surface area contributed by atoms with Crippen LogP contribution in [0.4, 0.5) is 0 Å². The molecule has 0 atom stereocenters. The fourth-order valence-corrected chi connectivity index (χ4v) is 3.00. The predicted molar refractivity (Wildman–Crippen MR) is 79.2 cm³/mol. The van der Waals surface area contributed by atoms with Crippen molar-refractivity contribution in [3.05, 3.63) is 30.0 Å². The van der Waals surface area contributed by atoms with Crippen molar-refractivity contribution in [2.75, 3.05) is 6.26 Å². The van der Waals surface area contributed by atoms with Gasteiger partial charge in [-0.05, 0) is 12.3 Å². The van der Waals surface area contributed by atoms with E-state index in [2.05, 4.69) is 11.1 Å². The Bertz CT molecular complexity index is 656. The molecule has 4 N–H and O–H groups in total. The normalized spacial score (nSPS) is 10.6. The number of hydrogen-bond donors (Lipinski definition) is 2. The van der Waals surface area contributed by atoms with Crippen molar-refractivity contribution in [2.24, 2.45) is 23.5 Å². The lowest BCUT2D eigenvalue weighted by atomic mass is 10.2. The minimum atomic E-state index is -0.332. The third-order valence-corrected chi connectivity index (χ3v) is 3.82. The van der Waals surface area contributed by atoms with Crippen molar-refractivity contribution in [1.29, 1.82) is 0 Å². The molecule has 5 nitrogen and oxygen atoms in total. The van der Waals surface area contributed by atoms with E-state index in [0.717, 1.165) is 21.5 Å². The predicted octanol–water partition coefficient (Wildman–Crippen LogP) is 1.24. The van der Waals surface area contributed by atoms with Gasteiger partial charge in [0.25, 0.3) is 5.91 Å². The number of thioether (sulfide) groups is 1. The molecule has 0 aliphatic heterocycles. The average molecular weight is 276 g/mol. The number of benzene rings is 1. The number of nitrogens with two attached hydrogens (primary N) is 2. The molecule has 1 amide bonds.